The quantitative estimate of drug-likeness (QED) is 0.413. The van der Waals surface area contributed by atoms with Crippen molar-refractivity contribution in [2.45, 2.75) is 26.2 Å². The second-order valence-electron chi connectivity index (χ2n) is 6.51. The van der Waals surface area contributed by atoms with Crippen LogP contribution in [0, 0.1) is 0 Å². The number of thiophene rings is 2. The summed E-state index contributed by atoms with van der Waals surface area (Å²) in [5.41, 5.74) is 4.58. The minimum Gasteiger partial charge on any atom is -0.172 e. The van der Waals surface area contributed by atoms with E-state index < -0.39 is 0 Å². The molecule has 0 radical (unpaired) electrons. The second kappa shape index (κ2) is 5.51. The van der Waals surface area contributed by atoms with Gasteiger partial charge in [0.25, 0.3) is 0 Å². The molecule has 0 N–H and O–H groups in total. The van der Waals surface area contributed by atoms with Crippen LogP contribution in [0.15, 0.2) is 41.8 Å². The van der Waals surface area contributed by atoms with Crippen molar-refractivity contribution in [1.29, 1.82) is 0 Å². The lowest BCUT2D eigenvalue weighted by Gasteiger charge is -2.15. The van der Waals surface area contributed by atoms with Gasteiger partial charge in [0, 0.05) is 25.8 Å². The normalized spacial score (nSPS) is 12.1. The number of hydrogen-bond donors (Lipinski definition) is 0. The van der Waals surface area contributed by atoms with Gasteiger partial charge in [0.05, 0.1) is 11.7 Å². The Morgan fingerprint density at radius 1 is 0.826 bits per heavy atom. The molecule has 116 valence electrons. The molecule has 0 atom stereocenters. The summed E-state index contributed by atoms with van der Waals surface area (Å²) in [4.78, 5) is 3.91. The van der Waals surface area contributed by atoms with Crippen LogP contribution in [0.3, 0.4) is 0 Å². The molecule has 3 heterocycles. The molecule has 4 rings (SSSR count). The van der Waals surface area contributed by atoms with Crippen molar-refractivity contribution >= 4 is 45.4 Å². The van der Waals surface area contributed by atoms with E-state index in [0.717, 1.165) is 11.0 Å². The average molecular weight is 357 g/mol. The maximum Gasteiger partial charge on any atom is 0.114 e. The number of fused-ring (bicyclic) bond motifs is 1. The average Bonchev–Trinajstić information content (AvgIpc) is 3.25. The third-order valence-electron chi connectivity index (χ3n) is 3.81. The van der Waals surface area contributed by atoms with E-state index in [1.165, 1.54) is 37.5 Å². The third kappa shape index (κ3) is 2.63. The molecule has 0 aliphatic rings. The molecule has 0 unspecified atom stereocenters. The lowest BCUT2D eigenvalue weighted by molar-refractivity contribution is 0.604. The molecule has 3 aromatic heterocycles. The van der Waals surface area contributed by atoms with Gasteiger partial charge in [-0.05, 0) is 29.0 Å². The van der Waals surface area contributed by atoms with Crippen molar-refractivity contribution in [2.24, 2.45) is 0 Å². The minimum absolute atomic E-state index is 0.180. The van der Waals surface area contributed by atoms with E-state index in [1.54, 1.807) is 11.3 Å². The largest absolute Gasteiger partial charge is 0.172 e. The zero-order chi connectivity index (χ0) is 16.0. The Kier molecular flexibility index (Phi) is 3.59. The van der Waals surface area contributed by atoms with E-state index in [2.05, 4.69) is 71.3 Å². The number of hydrogen-bond acceptors (Lipinski definition) is 5. The van der Waals surface area contributed by atoms with Crippen LogP contribution in [0.4, 0.5) is 0 Å². The predicted molar refractivity (Wildman–Crippen MR) is 103 cm³/mol. The standard InChI is InChI=1S/C18H16N2S3/c1-18(2,3)15-9-8-14(22-15)12-7-6-11(13-5-4-10-21-13)16-17(12)20-23-19-16/h4-10H,1-3H3. The van der Waals surface area contributed by atoms with Gasteiger partial charge >= 0.3 is 0 Å². The Morgan fingerprint density at radius 2 is 1.52 bits per heavy atom. The van der Waals surface area contributed by atoms with Gasteiger partial charge < -0.3 is 0 Å². The molecule has 5 heteroatoms. The van der Waals surface area contributed by atoms with E-state index in [4.69, 9.17) is 0 Å². The fraction of sp³-hybridized carbons (Fsp3) is 0.222. The van der Waals surface area contributed by atoms with Crippen LogP contribution in [0.1, 0.15) is 25.6 Å². The van der Waals surface area contributed by atoms with Crippen molar-refractivity contribution in [2.75, 3.05) is 0 Å². The molecule has 0 aliphatic carbocycles. The molecule has 23 heavy (non-hydrogen) atoms. The first-order valence-corrected chi connectivity index (χ1v) is 9.86. The monoisotopic (exact) mass is 356 g/mol. The van der Waals surface area contributed by atoms with Crippen LogP contribution in [-0.4, -0.2) is 8.75 Å². The van der Waals surface area contributed by atoms with E-state index in [0.29, 0.717) is 0 Å². The summed E-state index contributed by atoms with van der Waals surface area (Å²) in [5.74, 6) is 0. The molecule has 0 aliphatic heterocycles. The van der Waals surface area contributed by atoms with Crippen LogP contribution in [0.25, 0.3) is 31.9 Å². The first-order chi connectivity index (χ1) is 11.0. The highest BCUT2D eigenvalue weighted by Gasteiger charge is 2.19. The van der Waals surface area contributed by atoms with Gasteiger partial charge in [0.2, 0.25) is 0 Å². The zero-order valence-corrected chi connectivity index (χ0v) is 15.6. The van der Waals surface area contributed by atoms with Crippen LogP contribution >= 0.6 is 34.4 Å². The number of nitrogens with zero attached hydrogens (tertiary/aromatic N) is 2. The lowest BCUT2D eigenvalue weighted by Crippen LogP contribution is -2.07. The second-order valence-corrected chi connectivity index (χ2v) is 9.07. The number of aromatic nitrogens is 2. The Balaban J connectivity index is 1.88. The summed E-state index contributed by atoms with van der Waals surface area (Å²) < 4.78 is 9.14. The molecule has 0 saturated heterocycles. The predicted octanol–water partition coefficient (Wildman–Crippen LogP) is 6.45. The van der Waals surface area contributed by atoms with Gasteiger partial charge in [0.15, 0.2) is 0 Å². The summed E-state index contributed by atoms with van der Waals surface area (Å²) in [5, 5.41) is 2.10. The molecule has 0 saturated carbocycles. The highest BCUT2D eigenvalue weighted by molar-refractivity contribution is 7.15. The number of rotatable bonds is 2. The molecule has 0 amide bonds. The van der Waals surface area contributed by atoms with Crippen LogP contribution in [-0.2, 0) is 5.41 Å². The van der Waals surface area contributed by atoms with Crippen LogP contribution < -0.4 is 0 Å². The summed E-state index contributed by atoms with van der Waals surface area (Å²) in [6.45, 7) is 6.76. The first-order valence-electron chi connectivity index (χ1n) is 7.44. The molecule has 1 aromatic carbocycles. The molecular weight excluding hydrogens is 340 g/mol. The van der Waals surface area contributed by atoms with E-state index in [1.807, 2.05) is 11.3 Å². The van der Waals surface area contributed by atoms with Crippen LogP contribution in [0.2, 0.25) is 0 Å². The molecule has 0 bridgehead atoms. The Labute approximate surface area is 147 Å². The Bertz CT molecular complexity index is 956. The van der Waals surface area contributed by atoms with E-state index in [9.17, 15) is 0 Å². The third-order valence-corrected chi connectivity index (χ3v) is 6.79. The topological polar surface area (TPSA) is 25.8 Å². The molecular formula is C18H16N2S3. The molecule has 2 nitrogen and oxygen atoms in total. The van der Waals surface area contributed by atoms with Crippen LogP contribution in [0.5, 0.6) is 0 Å². The summed E-state index contributed by atoms with van der Waals surface area (Å²) >= 11 is 4.89. The van der Waals surface area contributed by atoms with Gasteiger partial charge in [-0.15, -0.1) is 22.7 Å². The van der Waals surface area contributed by atoms with Gasteiger partial charge in [0.1, 0.15) is 11.0 Å². The van der Waals surface area contributed by atoms with Crippen molar-refractivity contribution in [3.63, 3.8) is 0 Å². The fourth-order valence-electron chi connectivity index (χ4n) is 2.58. The number of benzene rings is 1. The van der Waals surface area contributed by atoms with Crippen molar-refractivity contribution in [1.82, 2.24) is 8.75 Å². The van der Waals surface area contributed by atoms with Crippen molar-refractivity contribution < 1.29 is 0 Å². The smallest absolute Gasteiger partial charge is 0.114 e. The minimum atomic E-state index is 0.180. The maximum atomic E-state index is 4.58. The highest BCUT2D eigenvalue weighted by Crippen LogP contribution is 2.40. The van der Waals surface area contributed by atoms with E-state index in [-0.39, 0.29) is 5.41 Å². The van der Waals surface area contributed by atoms with Crippen molar-refractivity contribution in [3.8, 4) is 20.9 Å². The first kappa shape index (κ1) is 15.0. The molecule has 4 aromatic rings. The highest BCUT2D eigenvalue weighted by atomic mass is 32.1. The van der Waals surface area contributed by atoms with Gasteiger partial charge in [-0.2, -0.15) is 8.75 Å². The Hall–Kier alpha value is -1.56. The van der Waals surface area contributed by atoms with Gasteiger partial charge in [-0.3, -0.25) is 0 Å². The maximum absolute atomic E-state index is 4.58. The van der Waals surface area contributed by atoms with E-state index >= 15 is 0 Å². The van der Waals surface area contributed by atoms with Gasteiger partial charge in [-0.1, -0.05) is 39.0 Å². The molecule has 0 fully saturated rings. The fourth-order valence-corrected chi connectivity index (χ4v) is 5.00. The Morgan fingerprint density at radius 3 is 2.09 bits per heavy atom. The summed E-state index contributed by atoms with van der Waals surface area (Å²) in [6, 6.07) is 13.0. The SMILES string of the molecule is CC(C)(C)c1ccc(-c2ccc(-c3cccs3)c3nsnc23)s1. The summed E-state index contributed by atoms with van der Waals surface area (Å²) in [6.07, 6.45) is 0. The van der Waals surface area contributed by atoms with Gasteiger partial charge in [-0.25, -0.2) is 0 Å². The molecule has 0 spiro atoms. The summed E-state index contributed by atoms with van der Waals surface area (Å²) in [7, 11) is 0. The van der Waals surface area contributed by atoms with Crippen molar-refractivity contribution in [3.05, 3.63) is 46.7 Å². The zero-order valence-electron chi connectivity index (χ0n) is 13.2. The lowest BCUT2D eigenvalue weighted by atomic mass is 9.95.